The van der Waals surface area contributed by atoms with E-state index in [1.165, 1.54) is 35.2 Å². The summed E-state index contributed by atoms with van der Waals surface area (Å²) in [4.78, 5) is 0. The van der Waals surface area contributed by atoms with Crippen LogP contribution in [0.3, 0.4) is 0 Å². The largest absolute Gasteiger partial charge is 0.380 e. The molecule has 0 aliphatic carbocycles. The Labute approximate surface area is 86.5 Å². The molecule has 1 heteroatoms. The van der Waals surface area contributed by atoms with Crippen molar-refractivity contribution in [3.63, 3.8) is 0 Å². The van der Waals surface area contributed by atoms with Gasteiger partial charge in [-0.3, -0.25) is 0 Å². The lowest BCUT2D eigenvalue weighted by Crippen LogP contribution is -2.35. The first-order chi connectivity index (χ1) is 6.49. The van der Waals surface area contributed by atoms with E-state index in [-0.39, 0.29) is 5.54 Å². The van der Waals surface area contributed by atoms with Crippen LogP contribution in [0.1, 0.15) is 37.0 Å². The van der Waals surface area contributed by atoms with Gasteiger partial charge in [0.25, 0.3) is 0 Å². The highest BCUT2D eigenvalue weighted by atomic mass is 15.0. The van der Waals surface area contributed by atoms with Gasteiger partial charge in [0.05, 0.1) is 0 Å². The van der Waals surface area contributed by atoms with Crippen LogP contribution in [-0.4, -0.2) is 5.54 Å². The molecule has 0 bridgehead atoms. The molecule has 76 valence electrons. The fraction of sp³-hybridized carbons (Fsp3) is 0.538. The van der Waals surface area contributed by atoms with E-state index >= 15 is 0 Å². The van der Waals surface area contributed by atoms with Crippen LogP contribution < -0.4 is 5.32 Å². The molecule has 1 aromatic rings. The molecule has 0 saturated heterocycles. The van der Waals surface area contributed by atoms with Gasteiger partial charge in [0.15, 0.2) is 0 Å². The summed E-state index contributed by atoms with van der Waals surface area (Å²) in [6.07, 6.45) is 2.43. The van der Waals surface area contributed by atoms with Crippen LogP contribution in [0.2, 0.25) is 0 Å². The average Bonchev–Trinajstić information content (AvgIpc) is 2.11. The predicted octanol–water partition coefficient (Wildman–Crippen LogP) is 3.44. The summed E-state index contributed by atoms with van der Waals surface area (Å²) in [7, 11) is 0. The lowest BCUT2D eigenvalue weighted by Gasteiger charge is -2.35. The third-order valence-corrected chi connectivity index (χ3v) is 3.30. The van der Waals surface area contributed by atoms with Gasteiger partial charge >= 0.3 is 0 Å². The molecule has 1 N–H and O–H groups in total. The van der Waals surface area contributed by atoms with Crippen molar-refractivity contribution in [1.29, 1.82) is 0 Å². The Morgan fingerprint density at radius 2 is 1.93 bits per heavy atom. The highest BCUT2D eigenvalue weighted by molar-refractivity contribution is 5.62. The third-order valence-electron chi connectivity index (χ3n) is 3.30. The van der Waals surface area contributed by atoms with Crippen molar-refractivity contribution in [2.75, 3.05) is 5.32 Å². The lowest BCUT2D eigenvalue weighted by atomic mass is 9.87. The van der Waals surface area contributed by atoms with Gasteiger partial charge in [-0.1, -0.05) is 12.1 Å². The highest BCUT2D eigenvalue weighted by Gasteiger charge is 2.25. The summed E-state index contributed by atoms with van der Waals surface area (Å²) in [5, 5.41) is 3.65. The minimum absolute atomic E-state index is 0.256. The zero-order chi connectivity index (χ0) is 10.3. The van der Waals surface area contributed by atoms with E-state index in [1.54, 1.807) is 0 Å². The maximum absolute atomic E-state index is 3.65. The summed E-state index contributed by atoms with van der Waals surface area (Å²) in [5.74, 6) is 0. The van der Waals surface area contributed by atoms with Gasteiger partial charge in [0.1, 0.15) is 0 Å². The molecule has 0 aromatic heterocycles. The molecular weight excluding hydrogens is 170 g/mol. The van der Waals surface area contributed by atoms with Crippen LogP contribution >= 0.6 is 0 Å². The smallest absolute Gasteiger partial charge is 0.0409 e. The van der Waals surface area contributed by atoms with Crippen LogP contribution in [0.25, 0.3) is 0 Å². The number of anilines is 1. The highest BCUT2D eigenvalue weighted by Crippen LogP contribution is 2.33. The molecule has 0 amide bonds. The molecule has 0 unspecified atom stereocenters. The number of rotatable bonds is 0. The average molecular weight is 189 g/mol. The Bertz CT molecular complexity index is 364. The number of fused-ring (bicyclic) bond motifs is 1. The van der Waals surface area contributed by atoms with Crippen molar-refractivity contribution in [2.24, 2.45) is 0 Å². The minimum Gasteiger partial charge on any atom is -0.380 e. The van der Waals surface area contributed by atoms with Gasteiger partial charge in [-0.25, -0.2) is 0 Å². The maximum atomic E-state index is 3.65. The molecule has 1 aromatic carbocycles. The van der Waals surface area contributed by atoms with Gasteiger partial charge in [-0.2, -0.15) is 0 Å². The molecule has 1 aliphatic rings. The third kappa shape index (κ3) is 1.52. The van der Waals surface area contributed by atoms with Gasteiger partial charge in [0, 0.05) is 11.2 Å². The molecule has 0 spiro atoms. The summed E-state index contributed by atoms with van der Waals surface area (Å²) < 4.78 is 0. The van der Waals surface area contributed by atoms with E-state index in [4.69, 9.17) is 0 Å². The van der Waals surface area contributed by atoms with Crippen LogP contribution in [-0.2, 0) is 6.42 Å². The van der Waals surface area contributed by atoms with Gasteiger partial charge in [-0.15, -0.1) is 0 Å². The molecule has 0 fully saturated rings. The SMILES string of the molecule is Cc1ccc2c(c1C)NC(C)(C)CC2. The molecule has 0 saturated carbocycles. The Balaban J connectivity index is 2.49. The second-order valence-corrected chi connectivity index (χ2v) is 5.05. The van der Waals surface area contributed by atoms with Crippen molar-refractivity contribution < 1.29 is 0 Å². The molecule has 2 rings (SSSR count). The number of hydrogen-bond donors (Lipinski definition) is 1. The zero-order valence-electron chi connectivity index (χ0n) is 9.57. The van der Waals surface area contributed by atoms with Crippen molar-refractivity contribution >= 4 is 5.69 Å². The van der Waals surface area contributed by atoms with E-state index in [0.717, 1.165) is 0 Å². The van der Waals surface area contributed by atoms with E-state index in [2.05, 4.69) is 45.1 Å². The fourth-order valence-electron chi connectivity index (χ4n) is 2.10. The van der Waals surface area contributed by atoms with Gasteiger partial charge < -0.3 is 5.32 Å². The predicted molar refractivity (Wildman–Crippen MR) is 61.9 cm³/mol. The first-order valence-electron chi connectivity index (χ1n) is 5.37. The Morgan fingerprint density at radius 1 is 1.21 bits per heavy atom. The van der Waals surface area contributed by atoms with Crippen LogP contribution in [0.4, 0.5) is 5.69 Å². The van der Waals surface area contributed by atoms with E-state index in [9.17, 15) is 0 Å². The second-order valence-electron chi connectivity index (χ2n) is 5.05. The molecule has 14 heavy (non-hydrogen) atoms. The second kappa shape index (κ2) is 3.01. The van der Waals surface area contributed by atoms with Crippen LogP contribution in [0.5, 0.6) is 0 Å². The first-order valence-corrected chi connectivity index (χ1v) is 5.37. The number of aryl methyl sites for hydroxylation is 2. The summed E-state index contributed by atoms with van der Waals surface area (Å²) >= 11 is 0. The molecule has 0 atom stereocenters. The topological polar surface area (TPSA) is 12.0 Å². The normalized spacial score (nSPS) is 18.6. The molecule has 1 nitrogen and oxygen atoms in total. The number of hydrogen-bond acceptors (Lipinski definition) is 1. The standard InChI is InChI=1S/C13H19N/c1-9-5-6-11-7-8-13(3,4)14-12(11)10(9)2/h5-6,14H,7-8H2,1-4H3. The van der Waals surface area contributed by atoms with E-state index < -0.39 is 0 Å². The summed E-state index contributed by atoms with van der Waals surface area (Å²) in [6, 6.07) is 4.49. The Kier molecular flexibility index (Phi) is 2.06. The van der Waals surface area contributed by atoms with E-state index in [1.807, 2.05) is 0 Å². The van der Waals surface area contributed by atoms with Crippen LogP contribution in [0, 0.1) is 13.8 Å². The van der Waals surface area contributed by atoms with Crippen molar-refractivity contribution in [3.8, 4) is 0 Å². The zero-order valence-corrected chi connectivity index (χ0v) is 9.57. The molecule has 1 aliphatic heterocycles. The monoisotopic (exact) mass is 189 g/mol. The first kappa shape index (κ1) is 9.57. The van der Waals surface area contributed by atoms with Crippen LogP contribution in [0.15, 0.2) is 12.1 Å². The molecule has 0 radical (unpaired) electrons. The summed E-state index contributed by atoms with van der Waals surface area (Å²) in [5.41, 5.74) is 5.91. The molecule has 1 heterocycles. The van der Waals surface area contributed by atoms with E-state index in [0.29, 0.717) is 0 Å². The van der Waals surface area contributed by atoms with Gasteiger partial charge in [-0.05, 0) is 57.2 Å². The minimum atomic E-state index is 0.256. The fourth-order valence-corrected chi connectivity index (χ4v) is 2.10. The Morgan fingerprint density at radius 3 is 2.64 bits per heavy atom. The number of nitrogens with one attached hydrogen (secondary N) is 1. The number of benzene rings is 1. The van der Waals surface area contributed by atoms with Crippen molar-refractivity contribution in [1.82, 2.24) is 0 Å². The maximum Gasteiger partial charge on any atom is 0.0409 e. The van der Waals surface area contributed by atoms with Gasteiger partial charge in [0.2, 0.25) is 0 Å². The molecular formula is C13H19N. The van der Waals surface area contributed by atoms with Crippen molar-refractivity contribution in [2.45, 2.75) is 46.1 Å². The lowest BCUT2D eigenvalue weighted by molar-refractivity contribution is 0.501. The summed E-state index contributed by atoms with van der Waals surface area (Å²) in [6.45, 7) is 8.94. The quantitative estimate of drug-likeness (QED) is 0.659. The van der Waals surface area contributed by atoms with Crippen molar-refractivity contribution in [3.05, 3.63) is 28.8 Å². The Hall–Kier alpha value is -0.980.